The molecule has 1 atom stereocenters. The Morgan fingerprint density at radius 3 is 2.29 bits per heavy atom. The van der Waals surface area contributed by atoms with Gasteiger partial charge in [0, 0.05) is 25.3 Å². The highest BCUT2D eigenvalue weighted by molar-refractivity contribution is 6.10. The van der Waals surface area contributed by atoms with Crippen molar-refractivity contribution < 1.29 is 28.0 Å². The van der Waals surface area contributed by atoms with Crippen molar-refractivity contribution >= 4 is 29.4 Å². The molecule has 0 spiro atoms. The van der Waals surface area contributed by atoms with Gasteiger partial charge in [0.2, 0.25) is 5.91 Å². The smallest absolute Gasteiger partial charge is 0.325 e. The van der Waals surface area contributed by atoms with E-state index in [0.29, 0.717) is 16.2 Å². The summed E-state index contributed by atoms with van der Waals surface area (Å²) in [4.78, 5) is 51.5. The van der Waals surface area contributed by atoms with E-state index in [4.69, 9.17) is 0 Å². The maximum absolute atomic E-state index is 13.6. The Morgan fingerprint density at radius 2 is 1.71 bits per heavy atom. The molecule has 8 nitrogen and oxygen atoms in total. The number of benzene rings is 2. The minimum absolute atomic E-state index is 0.0498. The number of anilines is 1. The molecule has 3 rings (SSSR count). The first-order valence-corrected chi connectivity index (χ1v) is 9.24. The Kier molecular flexibility index (Phi) is 5.74. The molecule has 162 valence electrons. The van der Waals surface area contributed by atoms with Crippen molar-refractivity contribution in [1.82, 2.24) is 15.1 Å². The number of imide groups is 1. The van der Waals surface area contributed by atoms with Crippen LogP contribution in [0.3, 0.4) is 0 Å². The van der Waals surface area contributed by atoms with Gasteiger partial charge in [-0.1, -0.05) is 6.07 Å². The fraction of sp³-hybridized carbons (Fsp3) is 0.238. The number of hydrogen-bond acceptors (Lipinski definition) is 4. The van der Waals surface area contributed by atoms with Gasteiger partial charge in [-0.05, 0) is 48.9 Å². The van der Waals surface area contributed by atoms with E-state index in [1.54, 1.807) is 14.1 Å². The van der Waals surface area contributed by atoms with Crippen molar-refractivity contribution in [2.24, 2.45) is 0 Å². The number of carbonyl (C=O) groups excluding carboxylic acids is 4. The first-order valence-electron chi connectivity index (χ1n) is 9.24. The van der Waals surface area contributed by atoms with Gasteiger partial charge in [0.15, 0.2) is 11.6 Å². The van der Waals surface area contributed by atoms with Crippen LogP contribution in [0.4, 0.5) is 19.3 Å². The summed E-state index contributed by atoms with van der Waals surface area (Å²) < 4.78 is 26.8. The predicted octanol–water partition coefficient (Wildman–Crippen LogP) is 2.07. The summed E-state index contributed by atoms with van der Waals surface area (Å²) in [5.74, 6) is -3.86. The largest absolute Gasteiger partial charge is 0.345 e. The fourth-order valence-corrected chi connectivity index (χ4v) is 3.14. The summed E-state index contributed by atoms with van der Waals surface area (Å²) in [6.45, 7) is 0.764. The van der Waals surface area contributed by atoms with Crippen molar-refractivity contribution in [3.8, 4) is 0 Å². The average molecular weight is 430 g/mol. The highest BCUT2D eigenvalue weighted by atomic mass is 19.2. The van der Waals surface area contributed by atoms with Crippen molar-refractivity contribution in [1.29, 1.82) is 0 Å². The molecule has 1 heterocycles. The Balaban J connectivity index is 1.70. The molecule has 0 aromatic heterocycles. The van der Waals surface area contributed by atoms with Gasteiger partial charge < -0.3 is 15.5 Å². The second-order valence-electron chi connectivity index (χ2n) is 7.40. The lowest BCUT2D eigenvalue weighted by molar-refractivity contribution is -0.133. The molecule has 5 amide bonds. The summed E-state index contributed by atoms with van der Waals surface area (Å²) in [5, 5.41) is 4.96. The van der Waals surface area contributed by atoms with E-state index in [9.17, 15) is 28.0 Å². The Bertz CT molecular complexity index is 1070. The molecule has 0 bridgehead atoms. The maximum Gasteiger partial charge on any atom is 0.325 e. The number of urea groups is 1. The molecule has 2 N–H and O–H groups in total. The molecule has 2 aromatic rings. The van der Waals surface area contributed by atoms with Crippen molar-refractivity contribution in [3.63, 3.8) is 0 Å². The van der Waals surface area contributed by atoms with Crippen LogP contribution < -0.4 is 10.6 Å². The molecule has 10 heteroatoms. The number of halogens is 2. The second-order valence-corrected chi connectivity index (χ2v) is 7.40. The Labute approximate surface area is 176 Å². The van der Waals surface area contributed by atoms with E-state index in [1.165, 1.54) is 42.2 Å². The lowest BCUT2D eigenvalue weighted by atomic mass is 9.92. The van der Waals surface area contributed by atoms with Crippen molar-refractivity contribution in [2.45, 2.75) is 12.5 Å². The van der Waals surface area contributed by atoms with E-state index in [1.807, 2.05) is 0 Å². The summed E-state index contributed by atoms with van der Waals surface area (Å²) in [7, 11) is 3.23. The fourth-order valence-electron chi connectivity index (χ4n) is 3.14. The molecule has 1 aliphatic rings. The number of nitrogens with zero attached hydrogens (tertiary/aromatic N) is 2. The zero-order chi connectivity index (χ0) is 22.9. The second kappa shape index (κ2) is 8.13. The van der Waals surface area contributed by atoms with Gasteiger partial charge in [0.25, 0.3) is 11.8 Å². The van der Waals surface area contributed by atoms with Crippen molar-refractivity contribution in [2.75, 3.05) is 26.0 Å². The number of nitrogens with one attached hydrogen (secondary N) is 2. The van der Waals surface area contributed by atoms with Crippen molar-refractivity contribution in [3.05, 3.63) is 65.2 Å². The predicted molar refractivity (Wildman–Crippen MR) is 107 cm³/mol. The zero-order valence-electron chi connectivity index (χ0n) is 17.0. The lowest BCUT2D eigenvalue weighted by Gasteiger charge is -2.22. The van der Waals surface area contributed by atoms with Gasteiger partial charge in [-0.2, -0.15) is 0 Å². The molecule has 0 saturated carbocycles. The molecule has 1 aliphatic heterocycles. The van der Waals surface area contributed by atoms with Gasteiger partial charge in [-0.3, -0.25) is 19.3 Å². The number of carbonyl (C=O) groups is 4. The van der Waals surface area contributed by atoms with Crippen LogP contribution in [0.15, 0.2) is 42.5 Å². The molecule has 0 unspecified atom stereocenters. The van der Waals surface area contributed by atoms with E-state index < -0.39 is 41.6 Å². The van der Waals surface area contributed by atoms with Crippen LogP contribution in [0.1, 0.15) is 22.8 Å². The highest BCUT2D eigenvalue weighted by Crippen LogP contribution is 2.29. The SMILES string of the molecule is CN(C)C(=O)c1ccc(NC(=O)CN2C(=O)N[C@](C)(c3ccc(F)c(F)c3)C2=O)cc1. The quantitative estimate of drug-likeness (QED) is 0.710. The van der Waals surface area contributed by atoms with Gasteiger partial charge >= 0.3 is 6.03 Å². The van der Waals surface area contributed by atoms with Gasteiger partial charge in [0.1, 0.15) is 12.1 Å². The molecule has 2 aromatic carbocycles. The molecule has 31 heavy (non-hydrogen) atoms. The molecule has 0 radical (unpaired) electrons. The number of amides is 5. The average Bonchev–Trinajstić information content (AvgIpc) is 2.94. The topological polar surface area (TPSA) is 98.8 Å². The van der Waals surface area contributed by atoms with Gasteiger partial charge in [-0.15, -0.1) is 0 Å². The normalized spacial score (nSPS) is 18.0. The third-order valence-electron chi connectivity index (χ3n) is 4.90. The summed E-state index contributed by atoms with van der Waals surface area (Å²) in [5.41, 5.74) is -0.788. The first kappa shape index (κ1) is 21.9. The third kappa shape index (κ3) is 4.23. The molecular formula is C21H20F2N4O4. The molecule has 0 aliphatic carbocycles. The van der Waals surface area contributed by atoms with Crippen LogP contribution in [0.2, 0.25) is 0 Å². The first-order chi connectivity index (χ1) is 14.5. The van der Waals surface area contributed by atoms with Gasteiger partial charge in [-0.25, -0.2) is 13.6 Å². The molecular weight excluding hydrogens is 410 g/mol. The van der Waals surface area contributed by atoms with E-state index >= 15 is 0 Å². The molecule has 1 fully saturated rings. The van der Waals surface area contributed by atoms with Crippen LogP contribution in [-0.4, -0.2) is 54.2 Å². The zero-order valence-corrected chi connectivity index (χ0v) is 17.0. The Hall–Kier alpha value is -3.82. The van der Waals surface area contributed by atoms with Crippen LogP contribution in [-0.2, 0) is 15.1 Å². The minimum atomic E-state index is -1.64. The van der Waals surface area contributed by atoms with Crippen LogP contribution in [0.5, 0.6) is 0 Å². The minimum Gasteiger partial charge on any atom is -0.345 e. The van der Waals surface area contributed by atoms with E-state index in [-0.39, 0.29) is 11.5 Å². The van der Waals surface area contributed by atoms with Gasteiger partial charge in [0.05, 0.1) is 0 Å². The van der Waals surface area contributed by atoms with E-state index in [0.717, 1.165) is 12.1 Å². The van der Waals surface area contributed by atoms with E-state index in [2.05, 4.69) is 10.6 Å². The summed E-state index contributed by atoms with van der Waals surface area (Å²) >= 11 is 0. The van der Waals surface area contributed by atoms with Crippen LogP contribution in [0.25, 0.3) is 0 Å². The highest BCUT2D eigenvalue weighted by Gasteiger charge is 2.49. The summed E-state index contributed by atoms with van der Waals surface area (Å²) in [6.07, 6.45) is 0. The maximum atomic E-state index is 13.6. The monoisotopic (exact) mass is 430 g/mol. The molecule has 1 saturated heterocycles. The number of hydrogen-bond donors (Lipinski definition) is 2. The third-order valence-corrected chi connectivity index (χ3v) is 4.90. The van der Waals surface area contributed by atoms with Crippen LogP contribution >= 0.6 is 0 Å². The number of rotatable bonds is 5. The summed E-state index contributed by atoms with van der Waals surface area (Å²) in [6, 6.07) is 8.15. The Morgan fingerprint density at radius 1 is 1.06 bits per heavy atom. The standard InChI is InChI=1S/C21H20F2N4O4/c1-21(13-6-9-15(22)16(23)10-13)19(30)27(20(31)25-21)11-17(28)24-14-7-4-12(5-8-14)18(29)26(2)3/h4-10H,11H2,1-3H3,(H,24,28)(H,25,31)/t21-/m1/s1. The lowest BCUT2D eigenvalue weighted by Crippen LogP contribution is -2.42. The van der Waals surface area contributed by atoms with Crippen LogP contribution in [0, 0.1) is 11.6 Å².